The molecule has 0 bridgehead atoms. The smallest absolute Gasteiger partial charge is 0.246 e. The van der Waals surface area contributed by atoms with Crippen LogP contribution in [0.1, 0.15) is 11.1 Å². The van der Waals surface area contributed by atoms with Crippen molar-refractivity contribution < 1.29 is 14.0 Å². The van der Waals surface area contributed by atoms with E-state index < -0.39 is 0 Å². The van der Waals surface area contributed by atoms with Crippen LogP contribution in [0.15, 0.2) is 48.5 Å². The van der Waals surface area contributed by atoms with Crippen molar-refractivity contribution in [1.82, 2.24) is 9.80 Å². The minimum absolute atomic E-state index is 0.0582. The third kappa shape index (κ3) is 6.14. The first-order valence-corrected chi connectivity index (χ1v) is 9.79. The summed E-state index contributed by atoms with van der Waals surface area (Å²) < 4.78 is 12.9. The second-order valence-electron chi connectivity index (χ2n) is 7.00. The third-order valence-corrected chi connectivity index (χ3v) is 5.20. The standard InChI is InChI=1S/C22H23ClFN3O2/c1-16-2-3-17(14-20(16)23)4-9-22(29)27-12-10-26(11-13-27)15-21(28)25-19-7-5-18(24)6-8-19/h2-9,14H,10-13,15H2,1H3,(H,25,28). The molecule has 0 spiro atoms. The molecule has 1 aliphatic heterocycles. The zero-order valence-electron chi connectivity index (χ0n) is 16.2. The summed E-state index contributed by atoms with van der Waals surface area (Å²) in [7, 11) is 0. The first-order valence-electron chi connectivity index (χ1n) is 9.41. The molecule has 1 N–H and O–H groups in total. The summed E-state index contributed by atoms with van der Waals surface area (Å²) in [5.74, 6) is -0.562. The van der Waals surface area contributed by atoms with E-state index in [1.165, 1.54) is 24.3 Å². The molecule has 0 unspecified atom stereocenters. The van der Waals surface area contributed by atoms with Gasteiger partial charge in [-0.05, 0) is 54.5 Å². The highest BCUT2D eigenvalue weighted by Crippen LogP contribution is 2.17. The zero-order valence-corrected chi connectivity index (χ0v) is 17.0. The van der Waals surface area contributed by atoms with Crippen LogP contribution >= 0.6 is 11.6 Å². The van der Waals surface area contributed by atoms with Crippen LogP contribution in [0, 0.1) is 12.7 Å². The molecule has 0 aromatic heterocycles. The number of hydrogen-bond donors (Lipinski definition) is 1. The lowest BCUT2D eigenvalue weighted by atomic mass is 10.1. The summed E-state index contributed by atoms with van der Waals surface area (Å²) in [5, 5.41) is 3.42. The summed E-state index contributed by atoms with van der Waals surface area (Å²) in [6.07, 6.45) is 3.31. The van der Waals surface area contributed by atoms with Crippen LogP contribution in [-0.4, -0.2) is 54.3 Å². The largest absolute Gasteiger partial charge is 0.337 e. The molecule has 3 rings (SSSR count). The monoisotopic (exact) mass is 415 g/mol. The number of carbonyl (C=O) groups is 2. The first kappa shape index (κ1) is 21.0. The zero-order chi connectivity index (χ0) is 20.8. The van der Waals surface area contributed by atoms with E-state index in [2.05, 4.69) is 5.32 Å². The van der Waals surface area contributed by atoms with Gasteiger partial charge in [0.05, 0.1) is 6.54 Å². The number of benzene rings is 2. The topological polar surface area (TPSA) is 52.7 Å². The van der Waals surface area contributed by atoms with Crippen LogP contribution in [0.25, 0.3) is 6.08 Å². The molecule has 2 aromatic carbocycles. The van der Waals surface area contributed by atoms with E-state index in [4.69, 9.17) is 11.6 Å². The normalized spacial score (nSPS) is 14.9. The van der Waals surface area contributed by atoms with Crippen molar-refractivity contribution in [2.24, 2.45) is 0 Å². The minimum atomic E-state index is -0.344. The lowest BCUT2D eigenvalue weighted by molar-refractivity contribution is -0.127. The molecule has 0 atom stereocenters. The molecule has 1 fully saturated rings. The predicted molar refractivity (Wildman–Crippen MR) is 113 cm³/mol. The van der Waals surface area contributed by atoms with Gasteiger partial charge in [0, 0.05) is 43.0 Å². The fourth-order valence-corrected chi connectivity index (χ4v) is 3.24. The number of nitrogens with one attached hydrogen (secondary N) is 1. The van der Waals surface area contributed by atoms with Crippen molar-refractivity contribution >= 4 is 35.2 Å². The number of aryl methyl sites for hydroxylation is 1. The van der Waals surface area contributed by atoms with Crippen molar-refractivity contribution in [3.8, 4) is 0 Å². The Morgan fingerprint density at radius 2 is 1.79 bits per heavy atom. The van der Waals surface area contributed by atoms with Crippen molar-refractivity contribution in [3.05, 3.63) is 70.5 Å². The highest BCUT2D eigenvalue weighted by Gasteiger charge is 2.21. The predicted octanol–water partition coefficient (Wildman–Crippen LogP) is 3.58. The fraction of sp³-hybridized carbons (Fsp3) is 0.273. The Bertz CT molecular complexity index is 907. The second kappa shape index (κ2) is 9.67. The van der Waals surface area contributed by atoms with Gasteiger partial charge in [-0.15, -0.1) is 0 Å². The number of halogens is 2. The van der Waals surface area contributed by atoms with Crippen LogP contribution in [0.4, 0.5) is 10.1 Å². The molecule has 5 nitrogen and oxygen atoms in total. The Labute approximate surface area is 174 Å². The summed E-state index contributed by atoms with van der Waals surface area (Å²) in [6.45, 7) is 4.51. The molecule has 7 heteroatoms. The SMILES string of the molecule is Cc1ccc(C=CC(=O)N2CCN(CC(=O)Nc3ccc(F)cc3)CC2)cc1Cl. The van der Waals surface area contributed by atoms with E-state index in [1.807, 2.05) is 30.0 Å². The van der Waals surface area contributed by atoms with Crippen LogP contribution < -0.4 is 5.32 Å². The van der Waals surface area contributed by atoms with Gasteiger partial charge in [-0.2, -0.15) is 0 Å². The molecule has 1 saturated heterocycles. The highest BCUT2D eigenvalue weighted by molar-refractivity contribution is 6.31. The van der Waals surface area contributed by atoms with Gasteiger partial charge in [0.1, 0.15) is 5.82 Å². The minimum Gasteiger partial charge on any atom is -0.337 e. The van der Waals surface area contributed by atoms with E-state index in [9.17, 15) is 14.0 Å². The Kier molecular flexibility index (Phi) is 7.01. The average Bonchev–Trinajstić information content (AvgIpc) is 2.71. The Hall–Kier alpha value is -2.70. The van der Waals surface area contributed by atoms with Crippen molar-refractivity contribution in [2.75, 3.05) is 38.0 Å². The van der Waals surface area contributed by atoms with E-state index >= 15 is 0 Å². The van der Waals surface area contributed by atoms with Gasteiger partial charge in [-0.1, -0.05) is 23.7 Å². The molecule has 2 amide bonds. The summed E-state index contributed by atoms with van der Waals surface area (Å²) in [4.78, 5) is 28.3. The summed E-state index contributed by atoms with van der Waals surface area (Å²) >= 11 is 6.11. The molecular formula is C22H23ClFN3O2. The number of amides is 2. The van der Waals surface area contributed by atoms with Gasteiger partial charge in [0.25, 0.3) is 0 Å². The highest BCUT2D eigenvalue weighted by atomic mass is 35.5. The number of piperazine rings is 1. The molecule has 1 heterocycles. The lowest BCUT2D eigenvalue weighted by Gasteiger charge is -2.33. The number of carbonyl (C=O) groups excluding carboxylic acids is 2. The van der Waals surface area contributed by atoms with Crippen molar-refractivity contribution in [3.63, 3.8) is 0 Å². The average molecular weight is 416 g/mol. The number of anilines is 1. The Balaban J connectivity index is 1.45. The number of rotatable bonds is 5. The van der Waals surface area contributed by atoms with Crippen LogP contribution in [0.2, 0.25) is 5.02 Å². The van der Waals surface area contributed by atoms with Crippen LogP contribution in [-0.2, 0) is 9.59 Å². The summed E-state index contributed by atoms with van der Waals surface area (Å²) in [5.41, 5.74) is 2.44. The maximum absolute atomic E-state index is 12.9. The summed E-state index contributed by atoms with van der Waals surface area (Å²) in [6, 6.07) is 11.3. The molecule has 0 saturated carbocycles. The van der Waals surface area contributed by atoms with Crippen molar-refractivity contribution in [2.45, 2.75) is 6.92 Å². The lowest BCUT2D eigenvalue weighted by Crippen LogP contribution is -2.50. The number of hydrogen-bond acceptors (Lipinski definition) is 3. The molecule has 0 radical (unpaired) electrons. The fourth-order valence-electron chi connectivity index (χ4n) is 3.05. The van der Waals surface area contributed by atoms with E-state index in [1.54, 1.807) is 17.1 Å². The van der Waals surface area contributed by atoms with E-state index in [0.29, 0.717) is 36.9 Å². The van der Waals surface area contributed by atoms with Gasteiger partial charge in [-0.25, -0.2) is 4.39 Å². The molecule has 2 aromatic rings. The second-order valence-corrected chi connectivity index (χ2v) is 7.41. The van der Waals surface area contributed by atoms with Crippen molar-refractivity contribution in [1.29, 1.82) is 0 Å². The van der Waals surface area contributed by atoms with Gasteiger partial charge in [-0.3, -0.25) is 14.5 Å². The number of nitrogens with zero attached hydrogens (tertiary/aromatic N) is 2. The molecule has 1 aliphatic rings. The molecule has 152 valence electrons. The van der Waals surface area contributed by atoms with Gasteiger partial charge in [0.15, 0.2) is 0 Å². The Morgan fingerprint density at radius 1 is 1.10 bits per heavy atom. The van der Waals surface area contributed by atoms with Gasteiger partial charge >= 0.3 is 0 Å². The Morgan fingerprint density at radius 3 is 2.45 bits per heavy atom. The van der Waals surface area contributed by atoms with Crippen LogP contribution in [0.3, 0.4) is 0 Å². The van der Waals surface area contributed by atoms with Gasteiger partial charge < -0.3 is 10.2 Å². The van der Waals surface area contributed by atoms with Gasteiger partial charge in [0.2, 0.25) is 11.8 Å². The first-order chi connectivity index (χ1) is 13.9. The maximum atomic E-state index is 12.9. The molecule has 29 heavy (non-hydrogen) atoms. The van der Waals surface area contributed by atoms with Crippen LogP contribution in [0.5, 0.6) is 0 Å². The van der Waals surface area contributed by atoms with E-state index in [0.717, 1.165) is 11.1 Å². The van der Waals surface area contributed by atoms with E-state index in [-0.39, 0.29) is 24.2 Å². The maximum Gasteiger partial charge on any atom is 0.246 e. The molecule has 0 aliphatic carbocycles. The third-order valence-electron chi connectivity index (χ3n) is 4.79. The molecular weight excluding hydrogens is 393 g/mol. The quantitative estimate of drug-likeness (QED) is 0.759.